The van der Waals surface area contributed by atoms with Crippen LogP contribution in [0.5, 0.6) is 0 Å². The third-order valence-electron chi connectivity index (χ3n) is 7.66. The third-order valence-corrected chi connectivity index (χ3v) is 7.66. The number of likely N-dealkylation sites (N-methyl/N-ethyl adjacent to an activating group) is 2. The van der Waals surface area contributed by atoms with Crippen molar-refractivity contribution < 1.29 is 9.90 Å². The van der Waals surface area contributed by atoms with Crippen molar-refractivity contribution in [3.63, 3.8) is 0 Å². The molecule has 1 amide bonds. The number of hydrogen-bond donors (Lipinski definition) is 2. The summed E-state index contributed by atoms with van der Waals surface area (Å²) in [5, 5.41) is 14.1. The number of carbonyl (C=O) groups is 1. The molecule has 0 aliphatic carbocycles. The number of carbonyl (C=O) groups excluding carboxylic acids is 1. The SMILES string of the molecule is C=CCn1c(=O)c2cnc(Nc3ccc4c(c3)N(C)C(=O)C3CN(C)CCN43)nc2n1-c1cccc(C(C)(C)O)n1. The first-order chi connectivity index (χ1) is 19.6. The number of anilines is 4. The van der Waals surface area contributed by atoms with Gasteiger partial charge in [0.1, 0.15) is 17.0 Å². The molecule has 41 heavy (non-hydrogen) atoms. The summed E-state index contributed by atoms with van der Waals surface area (Å²) >= 11 is 0. The Balaban J connectivity index is 1.40. The van der Waals surface area contributed by atoms with E-state index >= 15 is 0 Å². The Morgan fingerprint density at radius 2 is 1.93 bits per heavy atom. The van der Waals surface area contributed by atoms with E-state index in [0.29, 0.717) is 34.8 Å². The zero-order valence-corrected chi connectivity index (χ0v) is 23.6. The average Bonchev–Trinajstić information content (AvgIpc) is 3.22. The maximum absolute atomic E-state index is 13.3. The molecule has 1 unspecified atom stereocenters. The summed E-state index contributed by atoms with van der Waals surface area (Å²) in [6, 6.07) is 10.9. The van der Waals surface area contributed by atoms with Crippen molar-refractivity contribution in [3.8, 4) is 5.82 Å². The molecule has 4 aromatic rings. The molecular weight excluding hydrogens is 522 g/mol. The lowest BCUT2D eigenvalue weighted by Gasteiger charge is -2.46. The molecule has 0 bridgehead atoms. The van der Waals surface area contributed by atoms with Crippen molar-refractivity contribution in [1.82, 2.24) is 29.2 Å². The van der Waals surface area contributed by atoms with E-state index in [1.807, 2.05) is 25.2 Å². The summed E-state index contributed by atoms with van der Waals surface area (Å²) in [5.41, 5.74) is 1.89. The minimum Gasteiger partial charge on any atom is -0.384 e. The minimum absolute atomic E-state index is 0.0623. The number of rotatable bonds is 6. The molecule has 0 saturated carbocycles. The highest BCUT2D eigenvalue weighted by molar-refractivity contribution is 6.06. The number of amides is 1. The number of pyridine rings is 1. The number of piperazine rings is 1. The van der Waals surface area contributed by atoms with Gasteiger partial charge >= 0.3 is 0 Å². The molecule has 2 aliphatic rings. The molecule has 0 spiro atoms. The maximum atomic E-state index is 13.3. The number of fused-ring (bicyclic) bond motifs is 4. The lowest BCUT2D eigenvalue weighted by atomic mass is 10.0. The molecular formula is C29H33N9O3. The van der Waals surface area contributed by atoms with Crippen molar-refractivity contribution in [2.75, 3.05) is 48.8 Å². The van der Waals surface area contributed by atoms with Crippen LogP contribution in [-0.4, -0.2) is 80.0 Å². The van der Waals surface area contributed by atoms with E-state index in [9.17, 15) is 14.7 Å². The van der Waals surface area contributed by atoms with Gasteiger partial charge in [-0.2, -0.15) is 4.98 Å². The number of nitrogens with one attached hydrogen (secondary N) is 1. The zero-order valence-electron chi connectivity index (χ0n) is 23.6. The second kappa shape index (κ2) is 9.82. The second-order valence-corrected chi connectivity index (χ2v) is 11.1. The van der Waals surface area contributed by atoms with Crippen molar-refractivity contribution in [3.05, 3.63) is 71.3 Å². The van der Waals surface area contributed by atoms with E-state index in [0.717, 1.165) is 24.5 Å². The van der Waals surface area contributed by atoms with Crippen molar-refractivity contribution in [2.45, 2.75) is 32.0 Å². The molecule has 0 radical (unpaired) electrons. The van der Waals surface area contributed by atoms with Gasteiger partial charge in [0.25, 0.3) is 11.5 Å². The van der Waals surface area contributed by atoms with Crippen LogP contribution in [0.15, 0.2) is 60.0 Å². The predicted molar refractivity (Wildman–Crippen MR) is 158 cm³/mol. The fourth-order valence-electron chi connectivity index (χ4n) is 5.49. The molecule has 5 heterocycles. The van der Waals surface area contributed by atoms with Crippen molar-refractivity contribution in [1.29, 1.82) is 0 Å². The summed E-state index contributed by atoms with van der Waals surface area (Å²) < 4.78 is 3.10. The lowest BCUT2D eigenvalue weighted by Crippen LogP contribution is -2.61. The van der Waals surface area contributed by atoms with Crippen LogP contribution in [0.4, 0.5) is 23.0 Å². The summed E-state index contributed by atoms with van der Waals surface area (Å²) in [7, 11) is 3.84. The highest BCUT2D eigenvalue weighted by Crippen LogP contribution is 2.39. The molecule has 1 atom stereocenters. The van der Waals surface area contributed by atoms with Crippen LogP contribution in [0.3, 0.4) is 0 Å². The first-order valence-corrected chi connectivity index (χ1v) is 13.5. The number of nitrogens with zero attached hydrogens (tertiary/aromatic N) is 8. The molecule has 3 aromatic heterocycles. The monoisotopic (exact) mass is 555 g/mol. The van der Waals surface area contributed by atoms with Gasteiger partial charge in [-0.1, -0.05) is 12.1 Å². The Labute approximate surface area is 237 Å². The standard InChI is InChI=1S/C29H33N9O3/c1-6-12-37-26(39)19-16-30-28(33-25(19)38(37)24-9-7-8-23(32-24)29(2,3)41)31-18-10-11-20-21(15-18)35(5)27(40)22-17-34(4)13-14-36(20)22/h6-11,15-16,22,41H,1,12-14,17H2,2-5H3,(H,30,31,33). The van der Waals surface area contributed by atoms with Gasteiger partial charge in [-0.15, -0.1) is 6.58 Å². The Hall–Kier alpha value is -4.55. The zero-order chi connectivity index (χ0) is 29.1. The predicted octanol–water partition coefficient (Wildman–Crippen LogP) is 2.23. The van der Waals surface area contributed by atoms with Crippen LogP contribution in [0.1, 0.15) is 19.5 Å². The largest absolute Gasteiger partial charge is 0.384 e. The van der Waals surface area contributed by atoms with Crippen molar-refractivity contribution >= 4 is 40.0 Å². The fourth-order valence-corrected chi connectivity index (χ4v) is 5.49. The molecule has 2 N–H and O–H groups in total. The third kappa shape index (κ3) is 4.54. The first kappa shape index (κ1) is 26.7. The van der Waals surface area contributed by atoms with Crippen LogP contribution in [0.2, 0.25) is 0 Å². The number of aliphatic hydroxyl groups is 1. The quantitative estimate of drug-likeness (QED) is 0.345. The summed E-state index contributed by atoms with van der Waals surface area (Å²) in [4.78, 5) is 46.3. The topological polar surface area (TPSA) is 125 Å². The van der Waals surface area contributed by atoms with E-state index in [1.165, 1.54) is 10.9 Å². The van der Waals surface area contributed by atoms with Crippen LogP contribution in [0, 0.1) is 0 Å². The molecule has 1 aromatic carbocycles. The molecule has 12 heteroatoms. The highest BCUT2D eigenvalue weighted by atomic mass is 16.3. The number of aromatic nitrogens is 5. The van der Waals surface area contributed by atoms with Gasteiger partial charge in [0.05, 0.1) is 23.6 Å². The van der Waals surface area contributed by atoms with Gasteiger partial charge in [0, 0.05) is 38.6 Å². The van der Waals surface area contributed by atoms with Crippen LogP contribution in [0.25, 0.3) is 16.9 Å². The Kier molecular flexibility index (Phi) is 6.39. The first-order valence-electron chi connectivity index (χ1n) is 13.5. The van der Waals surface area contributed by atoms with E-state index < -0.39 is 5.60 Å². The summed E-state index contributed by atoms with van der Waals surface area (Å²) in [6.07, 6.45) is 3.12. The van der Waals surface area contributed by atoms with Crippen molar-refractivity contribution in [2.24, 2.45) is 0 Å². The maximum Gasteiger partial charge on any atom is 0.278 e. The fraction of sp³-hybridized carbons (Fsp3) is 0.345. The Morgan fingerprint density at radius 1 is 1.12 bits per heavy atom. The van der Waals surface area contributed by atoms with E-state index in [2.05, 4.69) is 31.7 Å². The highest BCUT2D eigenvalue weighted by Gasteiger charge is 2.39. The lowest BCUT2D eigenvalue weighted by molar-refractivity contribution is -0.120. The van der Waals surface area contributed by atoms with Crippen LogP contribution < -0.4 is 20.7 Å². The van der Waals surface area contributed by atoms with Gasteiger partial charge < -0.3 is 25.1 Å². The smallest absolute Gasteiger partial charge is 0.278 e. The van der Waals surface area contributed by atoms with Gasteiger partial charge in [-0.3, -0.25) is 9.59 Å². The molecule has 6 rings (SSSR count). The van der Waals surface area contributed by atoms with Gasteiger partial charge in [0.15, 0.2) is 11.5 Å². The summed E-state index contributed by atoms with van der Waals surface area (Å²) in [6.45, 7) is 9.69. The van der Waals surface area contributed by atoms with Gasteiger partial charge in [-0.25, -0.2) is 19.3 Å². The van der Waals surface area contributed by atoms with Gasteiger partial charge in [-0.05, 0) is 51.2 Å². The molecule has 212 valence electrons. The Morgan fingerprint density at radius 3 is 2.68 bits per heavy atom. The molecule has 1 saturated heterocycles. The van der Waals surface area contributed by atoms with E-state index in [4.69, 9.17) is 4.98 Å². The van der Waals surface area contributed by atoms with E-state index in [-0.39, 0.29) is 30.0 Å². The summed E-state index contributed by atoms with van der Waals surface area (Å²) in [5.74, 6) is 0.772. The second-order valence-electron chi connectivity index (χ2n) is 11.1. The van der Waals surface area contributed by atoms with Gasteiger partial charge in [0.2, 0.25) is 5.95 Å². The molecule has 1 fully saturated rings. The molecule has 2 aliphatic heterocycles. The van der Waals surface area contributed by atoms with Crippen LogP contribution in [-0.2, 0) is 16.9 Å². The average molecular weight is 556 g/mol. The number of hydrogen-bond acceptors (Lipinski definition) is 9. The normalized spacial score (nSPS) is 17.5. The Bertz CT molecular complexity index is 1740. The van der Waals surface area contributed by atoms with E-state index in [1.54, 1.807) is 54.8 Å². The number of allylic oxidation sites excluding steroid dienone is 1. The van der Waals surface area contributed by atoms with Crippen LogP contribution >= 0.6 is 0 Å². The molecule has 12 nitrogen and oxygen atoms in total. The number of benzene rings is 1. The minimum atomic E-state index is -1.17.